The van der Waals surface area contributed by atoms with Gasteiger partial charge in [-0.15, -0.1) is 0 Å². The zero-order valence-corrected chi connectivity index (χ0v) is 19.6. The normalized spacial score (nSPS) is 20.6. The Morgan fingerprint density at radius 3 is 2.58 bits per heavy atom. The summed E-state index contributed by atoms with van der Waals surface area (Å²) in [6, 6.07) is 5.75. The summed E-state index contributed by atoms with van der Waals surface area (Å²) in [6.07, 6.45) is 0.0417. The van der Waals surface area contributed by atoms with Crippen LogP contribution in [-0.2, 0) is 23.1 Å². The molecular formula is C23H30N6O4. The Hall–Kier alpha value is -3.14. The van der Waals surface area contributed by atoms with Crippen molar-refractivity contribution < 1.29 is 19.1 Å². The lowest BCUT2D eigenvalue weighted by Crippen LogP contribution is -2.72. The summed E-state index contributed by atoms with van der Waals surface area (Å²) in [5.74, 6) is 0.315. The molecule has 0 bridgehead atoms. The fourth-order valence-corrected chi connectivity index (χ4v) is 5.04. The molecule has 5 rings (SSSR count). The summed E-state index contributed by atoms with van der Waals surface area (Å²) >= 11 is 0. The predicted molar refractivity (Wildman–Crippen MR) is 122 cm³/mol. The second kappa shape index (κ2) is 7.44. The molecule has 3 fully saturated rings. The minimum Gasteiger partial charge on any atom is -0.444 e. The Morgan fingerprint density at radius 1 is 1.18 bits per heavy atom. The molecule has 10 nitrogen and oxygen atoms in total. The van der Waals surface area contributed by atoms with Crippen LogP contribution >= 0.6 is 0 Å². The Morgan fingerprint density at radius 2 is 1.91 bits per heavy atom. The number of benzene rings is 1. The van der Waals surface area contributed by atoms with Gasteiger partial charge in [0.1, 0.15) is 5.60 Å². The smallest absolute Gasteiger partial charge is 0.410 e. The third-order valence-electron chi connectivity index (χ3n) is 6.43. The lowest BCUT2D eigenvalue weighted by molar-refractivity contribution is -0.120. The van der Waals surface area contributed by atoms with Crippen molar-refractivity contribution in [2.75, 3.05) is 37.6 Å². The summed E-state index contributed by atoms with van der Waals surface area (Å²) in [6.45, 7) is 10.2. The SMILES string of the molecule is Cn1nc(N2CCC(=O)NC2=O)c2ccc(CN3CC4(C3)CN(C(=O)OC(C)(C)C)C4)cc21. The molecule has 0 unspecified atom stereocenters. The fraction of sp³-hybridized carbons (Fsp3) is 0.565. The number of aryl methyl sites for hydroxylation is 1. The number of fused-ring (bicyclic) bond motifs is 1. The Kier molecular flexibility index (Phi) is 4.89. The van der Waals surface area contributed by atoms with E-state index in [1.54, 1.807) is 9.58 Å². The molecule has 0 saturated carbocycles. The fourth-order valence-electron chi connectivity index (χ4n) is 5.04. The van der Waals surface area contributed by atoms with Gasteiger partial charge in [-0.25, -0.2) is 9.59 Å². The molecule has 2 aromatic rings. The number of urea groups is 1. The summed E-state index contributed by atoms with van der Waals surface area (Å²) in [5, 5.41) is 7.79. The third-order valence-corrected chi connectivity index (χ3v) is 6.43. The number of carbonyl (C=O) groups is 3. The van der Waals surface area contributed by atoms with Crippen LogP contribution in [0, 0.1) is 5.41 Å². The minimum atomic E-state index is -0.467. The molecule has 0 aliphatic carbocycles. The summed E-state index contributed by atoms with van der Waals surface area (Å²) in [5.41, 5.74) is 1.85. The van der Waals surface area contributed by atoms with Crippen LogP contribution in [-0.4, -0.2) is 75.9 Å². The van der Waals surface area contributed by atoms with Gasteiger partial charge >= 0.3 is 12.1 Å². The van der Waals surface area contributed by atoms with E-state index >= 15 is 0 Å². The van der Waals surface area contributed by atoms with Gasteiger partial charge in [0.2, 0.25) is 5.91 Å². The molecule has 4 heterocycles. The standard InChI is InChI=1S/C23H30N6O4/c1-22(2,3)33-21(32)28-13-23(14-28)11-27(12-23)10-15-5-6-16-17(9-15)26(4)25-19(16)29-8-7-18(30)24-20(29)31/h5-6,9H,7-8,10-14H2,1-4H3,(H,24,30,31). The van der Waals surface area contributed by atoms with Crippen molar-refractivity contribution >= 4 is 34.8 Å². The van der Waals surface area contributed by atoms with Gasteiger partial charge in [-0.05, 0) is 38.5 Å². The second-order valence-corrected chi connectivity index (χ2v) is 10.5. The van der Waals surface area contributed by atoms with E-state index in [-0.39, 0.29) is 23.8 Å². The first-order valence-electron chi connectivity index (χ1n) is 11.3. The zero-order chi connectivity index (χ0) is 23.5. The van der Waals surface area contributed by atoms with Crippen LogP contribution in [0.1, 0.15) is 32.8 Å². The summed E-state index contributed by atoms with van der Waals surface area (Å²) in [7, 11) is 1.86. The molecule has 0 atom stereocenters. The van der Waals surface area contributed by atoms with Crippen molar-refractivity contribution in [1.82, 2.24) is 24.9 Å². The molecular weight excluding hydrogens is 424 g/mol. The van der Waals surface area contributed by atoms with E-state index in [0.29, 0.717) is 12.4 Å². The molecule has 176 valence electrons. The molecule has 3 saturated heterocycles. The maximum atomic E-state index is 12.3. The lowest BCUT2D eigenvalue weighted by Gasteiger charge is -2.60. The van der Waals surface area contributed by atoms with E-state index in [1.807, 2.05) is 33.9 Å². The van der Waals surface area contributed by atoms with Crippen molar-refractivity contribution in [3.05, 3.63) is 23.8 Å². The molecule has 3 aliphatic heterocycles. The van der Waals surface area contributed by atoms with Gasteiger partial charge in [0.15, 0.2) is 5.82 Å². The number of hydrogen-bond acceptors (Lipinski definition) is 6. The first-order valence-corrected chi connectivity index (χ1v) is 11.3. The van der Waals surface area contributed by atoms with Crippen LogP contribution in [0.25, 0.3) is 10.9 Å². The summed E-state index contributed by atoms with van der Waals surface area (Å²) < 4.78 is 7.23. The maximum Gasteiger partial charge on any atom is 0.410 e. The average molecular weight is 455 g/mol. The van der Waals surface area contributed by atoms with Crippen molar-refractivity contribution in [2.45, 2.75) is 39.3 Å². The van der Waals surface area contributed by atoms with Crippen LogP contribution in [0.3, 0.4) is 0 Å². The van der Waals surface area contributed by atoms with Gasteiger partial charge in [0, 0.05) is 63.5 Å². The van der Waals surface area contributed by atoms with Gasteiger partial charge in [-0.1, -0.05) is 6.07 Å². The molecule has 4 amide bonds. The lowest BCUT2D eigenvalue weighted by atomic mass is 9.73. The molecule has 3 aliphatic rings. The molecule has 1 N–H and O–H groups in total. The van der Waals surface area contributed by atoms with Crippen molar-refractivity contribution in [2.24, 2.45) is 12.5 Å². The maximum absolute atomic E-state index is 12.3. The van der Waals surface area contributed by atoms with Gasteiger partial charge in [-0.3, -0.25) is 24.6 Å². The topological polar surface area (TPSA) is 100 Å². The van der Waals surface area contributed by atoms with E-state index < -0.39 is 11.6 Å². The molecule has 33 heavy (non-hydrogen) atoms. The largest absolute Gasteiger partial charge is 0.444 e. The number of anilines is 1. The van der Waals surface area contributed by atoms with Crippen LogP contribution in [0.5, 0.6) is 0 Å². The Bertz CT molecular complexity index is 1140. The molecule has 1 aromatic heterocycles. The number of nitrogens with one attached hydrogen (secondary N) is 1. The molecule has 0 radical (unpaired) electrons. The number of ether oxygens (including phenoxy) is 1. The second-order valence-electron chi connectivity index (χ2n) is 10.5. The monoisotopic (exact) mass is 454 g/mol. The Balaban J connectivity index is 1.21. The minimum absolute atomic E-state index is 0.194. The number of likely N-dealkylation sites (tertiary alicyclic amines) is 2. The van der Waals surface area contributed by atoms with E-state index in [0.717, 1.165) is 43.6 Å². The number of amides is 4. The van der Waals surface area contributed by atoms with Crippen LogP contribution in [0.15, 0.2) is 18.2 Å². The van der Waals surface area contributed by atoms with E-state index in [2.05, 4.69) is 27.4 Å². The van der Waals surface area contributed by atoms with E-state index in [4.69, 9.17) is 4.74 Å². The highest BCUT2D eigenvalue weighted by Crippen LogP contribution is 2.41. The summed E-state index contributed by atoms with van der Waals surface area (Å²) in [4.78, 5) is 41.6. The van der Waals surface area contributed by atoms with E-state index in [9.17, 15) is 14.4 Å². The van der Waals surface area contributed by atoms with Gasteiger partial charge in [0.25, 0.3) is 0 Å². The molecule has 10 heteroatoms. The predicted octanol–water partition coefficient (Wildman–Crippen LogP) is 2.07. The molecule has 1 spiro atoms. The first-order chi connectivity index (χ1) is 15.5. The number of imide groups is 1. The van der Waals surface area contributed by atoms with E-state index in [1.165, 1.54) is 10.5 Å². The highest BCUT2D eigenvalue weighted by atomic mass is 16.6. The number of aromatic nitrogens is 2. The quantitative estimate of drug-likeness (QED) is 0.762. The number of carbonyl (C=O) groups excluding carboxylic acids is 3. The Labute approximate surface area is 192 Å². The van der Waals surface area contributed by atoms with Crippen LogP contribution < -0.4 is 10.2 Å². The highest BCUT2D eigenvalue weighted by molar-refractivity contribution is 6.08. The van der Waals surface area contributed by atoms with Crippen molar-refractivity contribution in [3.8, 4) is 0 Å². The van der Waals surface area contributed by atoms with Gasteiger partial charge in [-0.2, -0.15) is 5.10 Å². The number of nitrogens with zero attached hydrogens (tertiary/aromatic N) is 5. The number of rotatable bonds is 3. The average Bonchev–Trinajstić information content (AvgIpc) is 2.97. The van der Waals surface area contributed by atoms with Gasteiger partial charge < -0.3 is 9.64 Å². The zero-order valence-electron chi connectivity index (χ0n) is 19.6. The first kappa shape index (κ1) is 21.7. The highest BCUT2D eigenvalue weighted by Gasteiger charge is 2.53. The van der Waals surface area contributed by atoms with Gasteiger partial charge in [0.05, 0.1) is 5.52 Å². The van der Waals surface area contributed by atoms with Crippen LogP contribution in [0.2, 0.25) is 0 Å². The molecule has 1 aromatic carbocycles. The third kappa shape index (κ3) is 4.03. The van der Waals surface area contributed by atoms with Crippen molar-refractivity contribution in [3.63, 3.8) is 0 Å². The number of hydrogen-bond donors (Lipinski definition) is 1. The van der Waals surface area contributed by atoms with Crippen LogP contribution in [0.4, 0.5) is 15.4 Å². The van der Waals surface area contributed by atoms with Crippen molar-refractivity contribution in [1.29, 1.82) is 0 Å².